The number of amides is 2. The zero-order valence-electron chi connectivity index (χ0n) is 21.9. The molecular formula is C28H37N7O3. The molecule has 38 heavy (non-hydrogen) atoms. The average Bonchev–Trinajstić information content (AvgIpc) is 2.94. The molecule has 0 unspecified atom stereocenters. The summed E-state index contributed by atoms with van der Waals surface area (Å²) in [5, 5.41) is 9.46. The lowest BCUT2D eigenvalue weighted by molar-refractivity contribution is 0.0950. The van der Waals surface area contributed by atoms with Crippen molar-refractivity contribution in [2.45, 2.75) is 32.6 Å². The maximum absolute atomic E-state index is 12.5. The highest BCUT2D eigenvalue weighted by molar-refractivity contribution is 5.97. The van der Waals surface area contributed by atoms with Crippen molar-refractivity contribution in [3.05, 3.63) is 59.8 Å². The predicted molar refractivity (Wildman–Crippen MR) is 149 cm³/mol. The second-order valence-corrected chi connectivity index (χ2v) is 9.44. The number of rotatable bonds is 8. The van der Waals surface area contributed by atoms with Crippen LogP contribution in [0.15, 0.2) is 53.7 Å². The van der Waals surface area contributed by atoms with Crippen LogP contribution >= 0.6 is 0 Å². The van der Waals surface area contributed by atoms with E-state index in [4.69, 9.17) is 10.5 Å². The largest absolute Gasteiger partial charge is 0.450 e. The van der Waals surface area contributed by atoms with Crippen LogP contribution in [0.2, 0.25) is 0 Å². The van der Waals surface area contributed by atoms with Crippen LogP contribution in [0.1, 0.15) is 48.5 Å². The van der Waals surface area contributed by atoms with E-state index in [0.29, 0.717) is 50.0 Å². The lowest BCUT2D eigenvalue weighted by Gasteiger charge is -2.26. The van der Waals surface area contributed by atoms with Crippen LogP contribution < -0.4 is 21.7 Å². The first-order valence-corrected chi connectivity index (χ1v) is 13.3. The van der Waals surface area contributed by atoms with Gasteiger partial charge in [0.15, 0.2) is 11.8 Å². The number of carbonyl (C=O) groups excluding carboxylic acids is 2. The van der Waals surface area contributed by atoms with Crippen LogP contribution in [0.3, 0.4) is 0 Å². The molecule has 1 aromatic heterocycles. The number of nitrogens with two attached hydrogens (primary N) is 1. The van der Waals surface area contributed by atoms with Gasteiger partial charge in [0.1, 0.15) is 0 Å². The molecular weight excluding hydrogens is 482 g/mol. The number of carbonyl (C=O) groups is 2. The SMILES string of the molecule is CCOC(=O)N1CC=C(c2cccnc2N=C(N)Nc2ccc(C(=O)NCCC3CCNCC3)cc2)CC1. The van der Waals surface area contributed by atoms with E-state index < -0.39 is 0 Å². The number of pyridine rings is 1. The summed E-state index contributed by atoms with van der Waals surface area (Å²) in [5.74, 6) is 1.29. The third-order valence-electron chi connectivity index (χ3n) is 6.81. The highest BCUT2D eigenvalue weighted by Gasteiger charge is 2.20. The Balaban J connectivity index is 1.33. The number of nitrogens with one attached hydrogen (secondary N) is 3. The quantitative estimate of drug-likeness (QED) is 0.310. The van der Waals surface area contributed by atoms with Crippen LogP contribution in [-0.2, 0) is 4.74 Å². The number of hydrogen-bond donors (Lipinski definition) is 4. The third-order valence-corrected chi connectivity index (χ3v) is 6.81. The summed E-state index contributed by atoms with van der Waals surface area (Å²) in [6, 6.07) is 10.9. The zero-order chi connectivity index (χ0) is 26.7. The molecule has 4 rings (SSSR count). The van der Waals surface area contributed by atoms with Crippen molar-refractivity contribution in [3.63, 3.8) is 0 Å². The predicted octanol–water partition coefficient (Wildman–Crippen LogP) is 3.51. The first-order valence-electron chi connectivity index (χ1n) is 13.3. The van der Waals surface area contributed by atoms with E-state index in [-0.39, 0.29) is 18.0 Å². The summed E-state index contributed by atoms with van der Waals surface area (Å²) in [4.78, 5) is 35.1. The second kappa shape index (κ2) is 13.6. The van der Waals surface area contributed by atoms with E-state index in [1.165, 1.54) is 12.8 Å². The minimum Gasteiger partial charge on any atom is -0.450 e. The Morgan fingerprint density at radius 1 is 1.21 bits per heavy atom. The number of piperidine rings is 1. The summed E-state index contributed by atoms with van der Waals surface area (Å²) >= 11 is 0. The number of nitrogens with zero attached hydrogens (tertiary/aromatic N) is 3. The first kappa shape index (κ1) is 27.1. The fraction of sp³-hybridized carbons (Fsp3) is 0.429. The molecule has 0 atom stereocenters. The Kier molecular flexibility index (Phi) is 9.69. The maximum Gasteiger partial charge on any atom is 0.410 e. The number of guanidine groups is 1. The lowest BCUT2D eigenvalue weighted by atomic mass is 9.95. The molecule has 0 radical (unpaired) electrons. The Bertz CT molecular complexity index is 1160. The zero-order valence-corrected chi connectivity index (χ0v) is 21.9. The number of aromatic nitrogens is 1. The van der Waals surface area contributed by atoms with E-state index in [0.717, 1.165) is 36.3 Å². The van der Waals surface area contributed by atoms with E-state index in [1.54, 1.807) is 42.3 Å². The van der Waals surface area contributed by atoms with Crippen molar-refractivity contribution in [2.75, 3.05) is 44.6 Å². The van der Waals surface area contributed by atoms with Gasteiger partial charge in [-0.1, -0.05) is 6.08 Å². The highest BCUT2D eigenvalue weighted by Crippen LogP contribution is 2.29. The van der Waals surface area contributed by atoms with E-state index in [1.807, 2.05) is 18.2 Å². The molecule has 3 heterocycles. The molecule has 0 bridgehead atoms. The molecule has 1 fully saturated rings. The van der Waals surface area contributed by atoms with Gasteiger partial charge in [-0.05, 0) is 93.6 Å². The van der Waals surface area contributed by atoms with Gasteiger partial charge in [-0.25, -0.2) is 9.78 Å². The van der Waals surface area contributed by atoms with Gasteiger partial charge in [0.05, 0.1) is 6.61 Å². The van der Waals surface area contributed by atoms with Crippen molar-refractivity contribution in [1.29, 1.82) is 0 Å². The molecule has 2 aliphatic rings. The van der Waals surface area contributed by atoms with Crippen LogP contribution in [0, 0.1) is 5.92 Å². The van der Waals surface area contributed by atoms with Crippen LogP contribution in [0.5, 0.6) is 0 Å². The van der Waals surface area contributed by atoms with Gasteiger partial charge in [0.2, 0.25) is 0 Å². The second-order valence-electron chi connectivity index (χ2n) is 9.44. The number of benzene rings is 1. The fourth-order valence-electron chi connectivity index (χ4n) is 4.69. The van der Waals surface area contributed by atoms with Crippen molar-refractivity contribution < 1.29 is 14.3 Å². The normalized spacial score (nSPS) is 16.5. The first-order chi connectivity index (χ1) is 18.5. The molecule has 0 spiro atoms. The Morgan fingerprint density at radius 3 is 2.71 bits per heavy atom. The molecule has 5 N–H and O–H groups in total. The van der Waals surface area contributed by atoms with Gasteiger partial charge in [-0.15, -0.1) is 0 Å². The standard InChI is InChI=1S/C28H37N7O3/c1-2-38-28(37)35-18-12-21(13-19-35)24-4-3-14-31-25(24)34-27(29)33-23-7-5-22(6-8-23)26(36)32-17-11-20-9-15-30-16-10-20/h3-8,12,14,20,30H,2,9-11,13,15-19H2,1H3,(H,32,36)(H3,29,31,33,34). The molecule has 0 aliphatic carbocycles. The van der Waals surface area contributed by atoms with E-state index in [2.05, 4.69) is 25.9 Å². The maximum atomic E-state index is 12.5. The molecule has 1 saturated heterocycles. The number of hydrogen-bond acceptors (Lipinski definition) is 6. The number of aliphatic imine (C=N–C) groups is 1. The topological polar surface area (TPSA) is 134 Å². The minimum atomic E-state index is -0.304. The minimum absolute atomic E-state index is 0.0764. The molecule has 2 aromatic rings. The van der Waals surface area contributed by atoms with Crippen LogP contribution in [0.4, 0.5) is 16.3 Å². The van der Waals surface area contributed by atoms with E-state index >= 15 is 0 Å². The molecule has 10 nitrogen and oxygen atoms in total. The summed E-state index contributed by atoms with van der Waals surface area (Å²) in [5.41, 5.74) is 9.44. The smallest absolute Gasteiger partial charge is 0.410 e. The van der Waals surface area contributed by atoms with Crippen molar-refractivity contribution >= 4 is 35.0 Å². The fourth-order valence-corrected chi connectivity index (χ4v) is 4.69. The summed E-state index contributed by atoms with van der Waals surface area (Å²) in [7, 11) is 0. The Labute approximate surface area is 223 Å². The van der Waals surface area contributed by atoms with Crippen molar-refractivity contribution in [2.24, 2.45) is 16.6 Å². The number of anilines is 1. The van der Waals surface area contributed by atoms with E-state index in [9.17, 15) is 9.59 Å². The van der Waals surface area contributed by atoms with Gasteiger partial charge in [0, 0.05) is 42.6 Å². The van der Waals surface area contributed by atoms with Gasteiger partial charge < -0.3 is 31.3 Å². The van der Waals surface area contributed by atoms with Gasteiger partial charge in [-0.2, -0.15) is 4.99 Å². The Morgan fingerprint density at radius 2 is 2.00 bits per heavy atom. The third kappa shape index (κ3) is 7.55. The summed E-state index contributed by atoms with van der Waals surface area (Å²) < 4.78 is 5.09. The lowest BCUT2D eigenvalue weighted by Crippen LogP contribution is -2.35. The van der Waals surface area contributed by atoms with Crippen molar-refractivity contribution in [1.82, 2.24) is 20.5 Å². The van der Waals surface area contributed by atoms with Crippen LogP contribution in [-0.4, -0.2) is 67.2 Å². The molecule has 2 amide bonds. The Hall–Kier alpha value is -3.92. The average molecular weight is 520 g/mol. The summed E-state index contributed by atoms with van der Waals surface area (Å²) in [6.07, 6.45) is 7.38. The van der Waals surface area contributed by atoms with Gasteiger partial charge in [-0.3, -0.25) is 4.79 Å². The molecule has 1 aromatic carbocycles. The summed E-state index contributed by atoms with van der Waals surface area (Å²) in [6.45, 7) is 6.00. The van der Waals surface area contributed by atoms with Crippen molar-refractivity contribution in [3.8, 4) is 0 Å². The molecule has 10 heteroatoms. The van der Waals surface area contributed by atoms with Gasteiger partial charge in [0.25, 0.3) is 5.91 Å². The van der Waals surface area contributed by atoms with Crippen LogP contribution in [0.25, 0.3) is 5.57 Å². The highest BCUT2D eigenvalue weighted by atomic mass is 16.6. The molecule has 0 saturated carbocycles. The number of ether oxygens (including phenoxy) is 1. The van der Waals surface area contributed by atoms with Gasteiger partial charge >= 0.3 is 6.09 Å². The molecule has 2 aliphatic heterocycles. The molecule has 202 valence electrons. The monoisotopic (exact) mass is 519 g/mol.